The number of unbranched alkanes of at least 4 members (excludes halogenated alkanes) is 1. The van der Waals surface area contributed by atoms with Crippen molar-refractivity contribution in [2.75, 3.05) is 59.4 Å². The fourth-order valence-electron chi connectivity index (χ4n) is 6.14. The van der Waals surface area contributed by atoms with Crippen LogP contribution in [0.15, 0.2) is 90.2 Å². The second-order valence-electron chi connectivity index (χ2n) is 13.1. The number of aryl methyl sites for hydroxylation is 2. The highest BCUT2D eigenvalue weighted by Gasteiger charge is 2.26. The Hall–Kier alpha value is -5.17. The summed E-state index contributed by atoms with van der Waals surface area (Å²) in [6, 6.07) is 24.9. The largest absolute Gasteiger partial charge is 0.481 e. The number of nitrogens with one attached hydrogen (secondary N) is 1. The van der Waals surface area contributed by atoms with Crippen molar-refractivity contribution in [2.45, 2.75) is 57.4 Å². The van der Waals surface area contributed by atoms with E-state index in [0.717, 1.165) is 51.6 Å². The van der Waals surface area contributed by atoms with Crippen LogP contribution in [0.25, 0.3) is 32.3 Å². The molecule has 3 aromatic carbocycles. The standard InChI is InChI=1S/C42H51N5O8/c1-31-17-18-44-36(27-31)9-3-5-12-41(49)46-39(30-55-26-25-54-24-23-53-22-21-52-20-19-45-47-43)40(48)28-35(29-42(50)51)32-13-15-34(16-14-32)38-11-6-8-33-7-2-4-10-37(33)38/h2,4,6-8,10-11,13-18,27,35,39H,3,5,9,12,19-26,28-30H2,1H3,(H,46,49)(H,50,51)/t35-,39-/m0/s1. The number of Topliss-reactive ketones (excluding diaryl/α,β-unsaturated/α-hetero) is 1. The number of rotatable bonds is 27. The maximum absolute atomic E-state index is 13.8. The highest BCUT2D eigenvalue weighted by Crippen LogP contribution is 2.31. The van der Waals surface area contributed by atoms with Gasteiger partial charge in [0, 0.05) is 42.1 Å². The molecule has 0 aliphatic heterocycles. The number of pyridine rings is 1. The lowest BCUT2D eigenvalue weighted by molar-refractivity contribution is -0.137. The van der Waals surface area contributed by atoms with Gasteiger partial charge < -0.3 is 29.4 Å². The Kier molecular flexibility index (Phi) is 18.8. The summed E-state index contributed by atoms with van der Waals surface area (Å²) in [4.78, 5) is 45.9. The zero-order valence-electron chi connectivity index (χ0n) is 31.4. The molecule has 0 saturated heterocycles. The number of aromatic nitrogens is 1. The minimum absolute atomic E-state index is 0.0787. The van der Waals surface area contributed by atoms with Gasteiger partial charge in [0.25, 0.3) is 0 Å². The van der Waals surface area contributed by atoms with E-state index in [1.165, 1.54) is 0 Å². The van der Waals surface area contributed by atoms with E-state index >= 15 is 0 Å². The number of carbonyl (C=O) groups excluding carboxylic acids is 2. The Balaban J connectivity index is 1.32. The summed E-state index contributed by atoms with van der Waals surface area (Å²) in [5, 5.41) is 18.3. The van der Waals surface area contributed by atoms with Crippen LogP contribution in [0.5, 0.6) is 0 Å². The van der Waals surface area contributed by atoms with Crippen molar-refractivity contribution in [3.05, 3.63) is 112 Å². The second kappa shape index (κ2) is 24.3. The summed E-state index contributed by atoms with van der Waals surface area (Å²) in [6.45, 7) is 4.39. The van der Waals surface area contributed by atoms with Crippen LogP contribution in [0.1, 0.15) is 54.8 Å². The number of carbonyl (C=O) groups is 3. The van der Waals surface area contributed by atoms with E-state index in [9.17, 15) is 19.5 Å². The van der Waals surface area contributed by atoms with Crippen LogP contribution in [0, 0.1) is 6.92 Å². The van der Waals surface area contributed by atoms with Gasteiger partial charge in [-0.3, -0.25) is 19.4 Å². The molecule has 0 bridgehead atoms. The van der Waals surface area contributed by atoms with Crippen LogP contribution < -0.4 is 5.32 Å². The lowest BCUT2D eigenvalue weighted by atomic mass is 9.87. The van der Waals surface area contributed by atoms with Crippen LogP contribution in [0.2, 0.25) is 0 Å². The second-order valence-corrected chi connectivity index (χ2v) is 13.1. The molecule has 55 heavy (non-hydrogen) atoms. The third-order valence-corrected chi connectivity index (χ3v) is 8.93. The number of nitrogens with zero attached hydrogens (tertiary/aromatic N) is 4. The predicted molar refractivity (Wildman–Crippen MR) is 210 cm³/mol. The molecule has 2 N–H and O–H groups in total. The minimum Gasteiger partial charge on any atom is -0.481 e. The highest BCUT2D eigenvalue weighted by atomic mass is 16.6. The molecule has 1 heterocycles. The number of benzene rings is 3. The Morgan fingerprint density at radius 3 is 2.24 bits per heavy atom. The molecule has 13 nitrogen and oxygen atoms in total. The maximum atomic E-state index is 13.8. The number of hydrogen-bond acceptors (Lipinski definition) is 9. The number of fused-ring (bicyclic) bond motifs is 1. The van der Waals surface area contributed by atoms with Gasteiger partial charge >= 0.3 is 5.97 Å². The molecule has 13 heteroatoms. The average molecular weight is 754 g/mol. The Morgan fingerprint density at radius 1 is 0.836 bits per heavy atom. The molecule has 0 fully saturated rings. The van der Waals surface area contributed by atoms with E-state index in [1.807, 2.05) is 61.5 Å². The molecule has 4 aromatic rings. The fourth-order valence-corrected chi connectivity index (χ4v) is 6.14. The molecule has 2 atom stereocenters. The van der Waals surface area contributed by atoms with Crippen LogP contribution in [-0.4, -0.2) is 93.2 Å². The molecule has 1 aromatic heterocycles. The third-order valence-electron chi connectivity index (χ3n) is 8.93. The van der Waals surface area contributed by atoms with Crippen molar-refractivity contribution >= 4 is 28.4 Å². The Bertz CT molecular complexity index is 1840. The predicted octanol–water partition coefficient (Wildman–Crippen LogP) is 7.00. The van der Waals surface area contributed by atoms with Gasteiger partial charge in [0.15, 0.2) is 5.78 Å². The van der Waals surface area contributed by atoms with Gasteiger partial charge in [-0.05, 0) is 76.9 Å². The van der Waals surface area contributed by atoms with Gasteiger partial charge in [0.2, 0.25) is 5.91 Å². The summed E-state index contributed by atoms with van der Waals surface area (Å²) >= 11 is 0. The fraction of sp³-hybridized carbons (Fsp3) is 0.429. The summed E-state index contributed by atoms with van der Waals surface area (Å²) in [5.41, 5.74) is 13.1. The number of aliphatic carboxylic acids is 1. The number of hydrogen-bond donors (Lipinski definition) is 2. The van der Waals surface area contributed by atoms with E-state index in [1.54, 1.807) is 6.20 Å². The number of ketones is 1. The van der Waals surface area contributed by atoms with Gasteiger partial charge in [-0.25, -0.2) is 0 Å². The van der Waals surface area contributed by atoms with E-state index in [2.05, 4.69) is 44.6 Å². The van der Waals surface area contributed by atoms with Crippen molar-refractivity contribution < 1.29 is 38.4 Å². The zero-order chi connectivity index (χ0) is 39.1. The summed E-state index contributed by atoms with van der Waals surface area (Å²) < 4.78 is 22.1. The first kappa shape index (κ1) is 42.6. The van der Waals surface area contributed by atoms with Crippen molar-refractivity contribution in [3.8, 4) is 11.1 Å². The van der Waals surface area contributed by atoms with E-state index in [-0.39, 0.29) is 57.3 Å². The van der Waals surface area contributed by atoms with Gasteiger partial charge in [-0.2, -0.15) is 0 Å². The van der Waals surface area contributed by atoms with E-state index in [0.29, 0.717) is 39.5 Å². The lowest BCUT2D eigenvalue weighted by Crippen LogP contribution is -2.44. The van der Waals surface area contributed by atoms with Gasteiger partial charge in [-0.15, -0.1) is 0 Å². The molecule has 4 rings (SSSR count). The minimum atomic E-state index is -1.02. The summed E-state index contributed by atoms with van der Waals surface area (Å²) in [6.07, 6.45) is 3.80. The molecule has 0 aliphatic carbocycles. The molecule has 1 amide bonds. The number of ether oxygens (including phenoxy) is 4. The molecule has 0 spiro atoms. The monoisotopic (exact) mass is 753 g/mol. The first-order valence-electron chi connectivity index (χ1n) is 18.7. The lowest BCUT2D eigenvalue weighted by Gasteiger charge is -2.22. The molecular formula is C42H51N5O8. The van der Waals surface area contributed by atoms with Crippen LogP contribution in [0.3, 0.4) is 0 Å². The Labute approximate surface area is 322 Å². The first-order chi connectivity index (χ1) is 26.8. The number of azide groups is 1. The zero-order valence-corrected chi connectivity index (χ0v) is 31.4. The number of amides is 1. The highest BCUT2D eigenvalue weighted by molar-refractivity contribution is 5.96. The quantitative estimate of drug-likeness (QED) is 0.0280. The van der Waals surface area contributed by atoms with Gasteiger partial charge in [0.05, 0.1) is 59.3 Å². The molecular weight excluding hydrogens is 702 g/mol. The topological polar surface area (TPSA) is 182 Å². The summed E-state index contributed by atoms with van der Waals surface area (Å²) in [5.74, 6) is -2.20. The van der Waals surface area contributed by atoms with Gasteiger partial charge in [-0.1, -0.05) is 71.8 Å². The smallest absolute Gasteiger partial charge is 0.303 e. The first-order valence-corrected chi connectivity index (χ1v) is 18.7. The number of carboxylic acids is 1. The Morgan fingerprint density at radius 2 is 1.53 bits per heavy atom. The van der Waals surface area contributed by atoms with Crippen molar-refractivity contribution in [3.63, 3.8) is 0 Å². The van der Waals surface area contributed by atoms with Crippen molar-refractivity contribution in [1.82, 2.24) is 10.3 Å². The van der Waals surface area contributed by atoms with E-state index < -0.39 is 17.9 Å². The van der Waals surface area contributed by atoms with Crippen LogP contribution >= 0.6 is 0 Å². The van der Waals surface area contributed by atoms with E-state index in [4.69, 9.17) is 24.5 Å². The maximum Gasteiger partial charge on any atom is 0.303 e. The molecule has 0 unspecified atom stereocenters. The molecule has 292 valence electrons. The van der Waals surface area contributed by atoms with Crippen LogP contribution in [-0.2, 0) is 39.8 Å². The average Bonchev–Trinajstić information content (AvgIpc) is 3.18. The van der Waals surface area contributed by atoms with Crippen LogP contribution in [0.4, 0.5) is 0 Å². The number of carboxylic acid groups (broad SMARTS) is 1. The normalized spacial score (nSPS) is 12.2. The van der Waals surface area contributed by atoms with Crippen molar-refractivity contribution in [1.29, 1.82) is 0 Å². The SMILES string of the molecule is Cc1ccnc(CCCCC(=O)N[C@@H](COCCOCCOCCOCCN=[N+]=[N-])C(=O)C[C@@H](CC(=O)O)c2ccc(-c3cccc4ccccc34)cc2)c1. The van der Waals surface area contributed by atoms with Gasteiger partial charge in [0.1, 0.15) is 6.04 Å². The summed E-state index contributed by atoms with van der Waals surface area (Å²) in [7, 11) is 0. The molecule has 0 radical (unpaired) electrons. The van der Waals surface area contributed by atoms with Crippen molar-refractivity contribution in [2.24, 2.45) is 5.11 Å². The third kappa shape index (κ3) is 15.6. The molecule has 0 aliphatic rings. The molecule has 0 saturated carbocycles.